The highest BCUT2D eigenvalue weighted by molar-refractivity contribution is 6.34. The van der Waals surface area contributed by atoms with Gasteiger partial charge in [0.05, 0.1) is 23.8 Å². The lowest BCUT2D eigenvalue weighted by molar-refractivity contribution is -0.118. The van der Waals surface area contributed by atoms with Crippen LogP contribution in [0.3, 0.4) is 0 Å². The van der Waals surface area contributed by atoms with E-state index in [4.69, 9.17) is 16.3 Å². The molecule has 0 radical (unpaired) electrons. The van der Waals surface area contributed by atoms with E-state index < -0.39 is 23.8 Å². The van der Waals surface area contributed by atoms with Crippen LogP contribution in [-0.2, 0) is 27.3 Å². The second-order valence-corrected chi connectivity index (χ2v) is 11.4. The third-order valence-corrected chi connectivity index (χ3v) is 8.05. The number of nitrogens with zero attached hydrogens (tertiary/aromatic N) is 2. The van der Waals surface area contributed by atoms with Crippen LogP contribution < -0.4 is 15.5 Å². The Morgan fingerprint density at radius 2 is 1.80 bits per heavy atom. The van der Waals surface area contributed by atoms with Crippen molar-refractivity contribution in [2.45, 2.75) is 25.9 Å². The van der Waals surface area contributed by atoms with E-state index in [2.05, 4.69) is 20.5 Å². The predicted molar refractivity (Wildman–Crippen MR) is 172 cm³/mol. The molecule has 234 valence electrons. The minimum Gasteiger partial charge on any atom is -0.477 e. The van der Waals surface area contributed by atoms with Crippen molar-refractivity contribution in [2.75, 3.05) is 43.6 Å². The van der Waals surface area contributed by atoms with Crippen LogP contribution in [0.15, 0.2) is 66.7 Å². The van der Waals surface area contributed by atoms with Gasteiger partial charge in [0.1, 0.15) is 11.7 Å². The first-order valence-electron chi connectivity index (χ1n) is 14.5. The number of aromatic carboxylic acids is 1. The lowest BCUT2D eigenvalue weighted by atomic mass is 10.0. The zero-order valence-electron chi connectivity index (χ0n) is 24.9. The number of rotatable bonds is 10. The van der Waals surface area contributed by atoms with Crippen LogP contribution >= 0.6 is 11.6 Å². The monoisotopic (exact) mass is 631 g/mol. The number of hydrogen-bond donors (Lipinski definition) is 4. The van der Waals surface area contributed by atoms with Crippen molar-refractivity contribution >= 4 is 57.6 Å². The normalized spacial score (nSPS) is 14.1. The van der Waals surface area contributed by atoms with E-state index >= 15 is 0 Å². The van der Waals surface area contributed by atoms with Crippen molar-refractivity contribution in [3.05, 3.63) is 94.1 Å². The van der Waals surface area contributed by atoms with E-state index in [0.717, 1.165) is 24.2 Å². The van der Waals surface area contributed by atoms with Gasteiger partial charge in [-0.15, -0.1) is 0 Å². The quantitative estimate of drug-likeness (QED) is 0.204. The molecule has 0 unspecified atom stereocenters. The van der Waals surface area contributed by atoms with Crippen molar-refractivity contribution < 1.29 is 29.0 Å². The summed E-state index contributed by atoms with van der Waals surface area (Å²) in [5.41, 5.74) is 3.63. The Bertz CT molecular complexity index is 1750. The van der Waals surface area contributed by atoms with Gasteiger partial charge < -0.3 is 30.4 Å². The van der Waals surface area contributed by atoms with Gasteiger partial charge in [0.2, 0.25) is 11.8 Å². The molecule has 3 amide bonds. The molecule has 0 saturated carbocycles. The maximum absolute atomic E-state index is 13.7. The van der Waals surface area contributed by atoms with Gasteiger partial charge in [0.25, 0.3) is 5.91 Å². The molecule has 1 atom stereocenters. The molecule has 1 aliphatic heterocycles. The standard InChI is InChI=1S/C33H34ClN5O6/c1-20(40)38(2)25-5-3-4-21(14-25)16-29(32(42)35-24-7-9-28-23(17-24)18-30(36-28)33(43)44)37-31(41)26-8-6-22(15-27(26)34)19-39-10-12-45-13-11-39/h3-9,14-15,17-18,29,36H,10-13,16,19H2,1-2H3,(H,35,42)(H,37,41)(H,43,44)/t29-/m0/s1. The molecule has 0 aliphatic carbocycles. The number of ether oxygens (including phenoxy) is 1. The Labute approximate surface area is 265 Å². The lowest BCUT2D eigenvalue weighted by Crippen LogP contribution is -2.45. The Morgan fingerprint density at radius 1 is 1.02 bits per heavy atom. The van der Waals surface area contributed by atoms with E-state index in [9.17, 15) is 24.3 Å². The number of carboxylic acid groups (broad SMARTS) is 1. The maximum atomic E-state index is 13.7. The molecule has 1 aromatic heterocycles. The smallest absolute Gasteiger partial charge is 0.352 e. The molecule has 0 bridgehead atoms. The van der Waals surface area contributed by atoms with Gasteiger partial charge in [-0.1, -0.05) is 29.8 Å². The number of amides is 3. The molecular weight excluding hydrogens is 598 g/mol. The number of fused-ring (bicyclic) bond motifs is 1. The van der Waals surface area contributed by atoms with Gasteiger partial charge in [-0.2, -0.15) is 0 Å². The van der Waals surface area contributed by atoms with Crippen LogP contribution in [0.5, 0.6) is 0 Å². The summed E-state index contributed by atoms with van der Waals surface area (Å²) in [6.07, 6.45) is 0.124. The van der Waals surface area contributed by atoms with Crippen molar-refractivity contribution in [3.8, 4) is 0 Å². The van der Waals surface area contributed by atoms with Crippen LogP contribution in [-0.4, -0.2) is 78.1 Å². The Hall–Kier alpha value is -4.71. The number of carbonyl (C=O) groups is 4. The number of carboxylic acids is 1. The minimum atomic E-state index is -1.09. The summed E-state index contributed by atoms with van der Waals surface area (Å²) in [4.78, 5) is 57.1. The predicted octanol–water partition coefficient (Wildman–Crippen LogP) is 4.31. The van der Waals surface area contributed by atoms with Crippen LogP contribution in [0, 0.1) is 0 Å². The Morgan fingerprint density at radius 3 is 2.51 bits per heavy atom. The van der Waals surface area contributed by atoms with Crippen molar-refractivity contribution in [3.63, 3.8) is 0 Å². The highest BCUT2D eigenvalue weighted by Gasteiger charge is 2.24. The third-order valence-electron chi connectivity index (χ3n) is 7.74. The number of aromatic nitrogens is 1. The molecule has 5 rings (SSSR count). The number of halogens is 1. The SMILES string of the molecule is CC(=O)N(C)c1cccc(C[C@H](NC(=O)c2ccc(CN3CCOCC3)cc2Cl)C(=O)Nc2ccc3[nH]c(C(=O)O)cc3c2)c1. The number of anilines is 2. The summed E-state index contributed by atoms with van der Waals surface area (Å²) in [6.45, 7) is 5.12. The zero-order valence-corrected chi connectivity index (χ0v) is 25.7. The van der Waals surface area contributed by atoms with Gasteiger partial charge in [0, 0.05) is 62.3 Å². The van der Waals surface area contributed by atoms with E-state index in [1.54, 1.807) is 55.6 Å². The Kier molecular flexibility index (Phi) is 9.82. The molecule has 2 heterocycles. The maximum Gasteiger partial charge on any atom is 0.352 e. The van der Waals surface area contributed by atoms with Crippen LogP contribution in [0.1, 0.15) is 38.9 Å². The summed E-state index contributed by atoms with van der Waals surface area (Å²) >= 11 is 6.57. The fraction of sp³-hybridized carbons (Fsp3) is 0.273. The van der Waals surface area contributed by atoms with Gasteiger partial charge in [-0.3, -0.25) is 19.3 Å². The molecule has 1 saturated heterocycles. The number of H-pyrrole nitrogens is 1. The summed E-state index contributed by atoms with van der Waals surface area (Å²) < 4.78 is 5.41. The van der Waals surface area contributed by atoms with Gasteiger partial charge in [0.15, 0.2) is 0 Å². The molecule has 11 nitrogen and oxygen atoms in total. The molecule has 4 aromatic rings. The molecule has 1 aliphatic rings. The number of carbonyl (C=O) groups excluding carboxylic acids is 3. The molecular formula is C33H34ClN5O6. The Balaban J connectivity index is 1.37. The van der Waals surface area contributed by atoms with E-state index in [0.29, 0.717) is 42.0 Å². The largest absolute Gasteiger partial charge is 0.477 e. The van der Waals surface area contributed by atoms with E-state index in [1.807, 2.05) is 12.1 Å². The highest BCUT2D eigenvalue weighted by Crippen LogP contribution is 2.23. The summed E-state index contributed by atoms with van der Waals surface area (Å²) in [7, 11) is 1.66. The van der Waals surface area contributed by atoms with Crippen LogP contribution in [0.25, 0.3) is 10.9 Å². The third kappa shape index (κ3) is 7.88. The lowest BCUT2D eigenvalue weighted by Gasteiger charge is -2.26. The zero-order chi connectivity index (χ0) is 32.1. The van der Waals surface area contributed by atoms with E-state index in [-0.39, 0.29) is 28.6 Å². The first-order valence-corrected chi connectivity index (χ1v) is 14.8. The minimum absolute atomic E-state index is 0.0295. The summed E-state index contributed by atoms with van der Waals surface area (Å²) in [5.74, 6) is -2.23. The number of benzene rings is 3. The van der Waals surface area contributed by atoms with Gasteiger partial charge in [-0.05, 0) is 59.7 Å². The van der Waals surface area contributed by atoms with Crippen LogP contribution in [0.2, 0.25) is 5.02 Å². The first-order chi connectivity index (χ1) is 21.6. The number of nitrogens with one attached hydrogen (secondary N) is 3. The molecule has 0 spiro atoms. The summed E-state index contributed by atoms with van der Waals surface area (Å²) in [6, 6.07) is 17.9. The fourth-order valence-electron chi connectivity index (χ4n) is 5.17. The fourth-order valence-corrected chi connectivity index (χ4v) is 5.46. The van der Waals surface area contributed by atoms with Crippen molar-refractivity contribution in [2.24, 2.45) is 0 Å². The highest BCUT2D eigenvalue weighted by atomic mass is 35.5. The molecule has 45 heavy (non-hydrogen) atoms. The molecule has 3 aromatic carbocycles. The molecule has 4 N–H and O–H groups in total. The molecule has 1 fully saturated rings. The second-order valence-electron chi connectivity index (χ2n) is 11.0. The van der Waals surface area contributed by atoms with Gasteiger partial charge in [-0.25, -0.2) is 4.79 Å². The molecule has 12 heteroatoms. The summed E-state index contributed by atoms with van der Waals surface area (Å²) in [5, 5.41) is 15.9. The average molecular weight is 632 g/mol. The van der Waals surface area contributed by atoms with E-state index in [1.165, 1.54) is 17.9 Å². The van der Waals surface area contributed by atoms with Crippen LogP contribution in [0.4, 0.5) is 11.4 Å². The number of aromatic amines is 1. The topological polar surface area (TPSA) is 144 Å². The number of hydrogen-bond acceptors (Lipinski definition) is 6. The average Bonchev–Trinajstić information content (AvgIpc) is 3.45. The second kappa shape index (κ2) is 13.9. The van der Waals surface area contributed by atoms with Crippen molar-refractivity contribution in [1.82, 2.24) is 15.2 Å². The number of morpholine rings is 1. The van der Waals surface area contributed by atoms with Crippen molar-refractivity contribution in [1.29, 1.82) is 0 Å². The first kappa shape index (κ1) is 31.7. The van der Waals surface area contributed by atoms with Gasteiger partial charge >= 0.3 is 5.97 Å².